The van der Waals surface area contributed by atoms with Gasteiger partial charge in [0.15, 0.2) is 5.60 Å². The number of carbonyl (C=O) groups excluding carboxylic acids is 1. The smallest absolute Gasteiger partial charge is 0.374 e. The van der Waals surface area contributed by atoms with Gasteiger partial charge in [-0.3, -0.25) is 9.32 Å². The summed E-state index contributed by atoms with van der Waals surface area (Å²) >= 11 is 0. The number of phosphoric ester groups is 1. The van der Waals surface area contributed by atoms with Crippen LogP contribution < -0.4 is 5.32 Å². The fourth-order valence-corrected chi connectivity index (χ4v) is 7.72. The van der Waals surface area contributed by atoms with Gasteiger partial charge in [-0.1, -0.05) is 152 Å². The highest BCUT2D eigenvalue weighted by atomic mass is 31.2. The van der Waals surface area contributed by atoms with Crippen molar-refractivity contribution in [2.75, 3.05) is 6.61 Å². The predicted octanol–water partition coefficient (Wildman–Crippen LogP) is 6.94. The van der Waals surface area contributed by atoms with Crippen molar-refractivity contribution in [2.24, 2.45) is 0 Å². The topological polar surface area (TPSA) is 133 Å². The Bertz CT molecular complexity index is 1930. The molecule has 1 heterocycles. The number of ether oxygens (including phenoxy) is 4. The van der Waals surface area contributed by atoms with Crippen molar-refractivity contribution in [3.8, 4) is 0 Å². The molecule has 1 saturated heterocycles. The van der Waals surface area contributed by atoms with Gasteiger partial charge in [0.25, 0.3) is 0 Å². The molecule has 10 nitrogen and oxygen atoms in total. The molecule has 0 radical (unpaired) electrons. The second kappa shape index (κ2) is 18.2. The van der Waals surface area contributed by atoms with E-state index in [-0.39, 0.29) is 45.2 Å². The van der Waals surface area contributed by atoms with Gasteiger partial charge in [-0.05, 0) is 27.8 Å². The first-order valence-electron chi connectivity index (χ1n) is 17.9. The maximum absolute atomic E-state index is 13.4. The highest BCUT2D eigenvalue weighted by molar-refractivity contribution is 7.46. The summed E-state index contributed by atoms with van der Waals surface area (Å²) in [6.45, 7) is 1.59. The quantitative estimate of drug-likeness (QED) is 0.0865. The number of rotatable bonds is 17. The fraction of sp³-hybridized carbons (Fsp3) is 0.279. The monoisotopic (exact) mass is 751 g/mol. The van der Waals surface area contributed by atoms with Crippen molar-refractivity contribution in [1.82, 2.24) is 5.32 Å². The van der Waals surface area contributed by atoms with Crippen LogP contribution in [0.25, 0.3) is 0 Å². The normalized spacial score (nSPS) is 22.8. The molecule has 0 spiro atoms. The molecule has 5 aromatic carbocycles. The van der Waals surface area contributed by atoms with Crippen LogP contribution in [-0.4, -0.2) is 51.9 Å². The Morgan fingerprint density at radius 3 is 1.59 bits per heavy atom. The van der Waals surface area contributed by atoms with Crippen molar-refractivity contribution in [3.05, 3.63) is 179 Å². The second-order valence-corrected chi connectivity index (χ2v) is 14.6. The third kappa shape index (κ3) is 10.2. The molecule has 0 aromatic heterocycles. The van der Waals surface area contributed by atoms with Gasteiger partial charge in [0.2, 0.25) is 11.7 Å². The Balaban J connectivity index is 1.57. The van der Waals surface area contributed by atoms with E-state index in [1.807, 2.05) is 152 Å². The molecular formula is C43H46NO9P. The lowest BCUT2D eigenvalue weighted by molar-refractivity contribution is -0.384. The van der Waals surface area contributed by atoms with Gasteiger partial charge in [-0.2, -0.15) is 0 Å². The van der Waals surface area contributed by atoms with Crippen LogP contribution in [-0.2, 0) is 65.5 Å². The van der Waals surface area contributed by atoms with Crippen LogP contribution in [0.1, 0.15) is 34.7 Å². The van der Waals surface area contributed by atoms with Crippen LogP contribution in [0.3, 0.4) is 0 Å². The van der Waals surface area contributed by atoms with Crippen LogP contribution in [0.5, 0.6) is 0 Å². The summed E-state index contributed by atoms with van der Waals surface area (Å²) in [7, 11) is -5.36. The maximum atomic E-state index is 13.4. The lowest BCUT2D eigenvalue weighted by Gasteiger charge is -2.59. The summed E-state index contributed by atoms with van der Waals surface area (Å²) in [5.74, 6) is -2.58. The third-order valence-electron chi connectivity index (χ3n) is 9.40. The van der Waals surface area contributed by atoms with Crippen LogP contribution >= 0.6 is 7.82 Å². The number of hydrogen-bond donors (Lipinski definition) is 3. The summed E-state index contributed by atoms with van der Waals surface area (Å²) in [6, 6.07) is 46.2. The lowest BCUT2D eigenvalue weighted by atomic mass is 9.72. The van der Waals surface area contributed by atoms with Crippen molar-refractivity contribution < 1.29 is 42.6 Å². The van der Waals surface area contributed by atoms with Gasteiger partial charge < -0.3 is 34.1 Å². The molecule has 1 aliphatic rings. The Morgan fingerprint density at radius 2 is 1.11 bits per heavy atom. The molecule has 3 N–H and O–H groups in total. The number of phosphoric acid groups is 1. The number of amides is 1. The summed E-state index contributed by atoms with van der Waals surface area (Å²) < 4.78 is 46.7. The van der Waals surface area contributed by atoms with Gasteiger partial charge in [-0.15, -0.1) is 0 Å². The van der Waals surface area contributed by atoms with E-state index < -0.39 is 37.5 Å². The standard InChI is InChI=1S/C43H46NO9P/c1-33(45)44-40-39(32-49-29-36-21-11-4-12-22-36)52-43(53-54(46,47)48,28-35-19-9-3-10-20-35)42(27-34-17-7-2-8-18-34,51-31-38-25-15-6-16-26-38)41(40)50-30-37-23-13-5-14-24-37/h2-26,39-41H,27-32H2,1H3,(H,44,45)(H2,46,47,48)/t39-,40-,41+,42-,43-/m1/s1. The maximum Gasteiger partial charge on any atom is 0.472 e. The van der Waals surface area contributed by atoms with Crippen LogP contribution in [0, 0.1) is 0 Å². The first kappa shape index (κ1) is 39.2. The van der Waals surface area contributed by atoms with E-state index in [1.54, 1.807) is 0 Å². The Labute approximate surface area is 316 Å². The molecule has 1 fully saturated rings. The zero-order valence-corrected chi connectivity index (χ0v) is 31.0. The highest BCUT2D eigenvalue weighted by Crippen LogP contribution is 2.55. The van der Waals surface area contributed by atoms with Gasteiger partial charge >= 0.3 is 7.82 Å². The molecule has 11 heteroatoms. The molecular weight excluding hydrogens is 705 g/mol. The van der Waals surface area contributed by atoms with Crippen LogP contribution in [0.15, 0.2) is 152 Å². The van der Waals surface area contributed by atoms with Gasteiger partial charge in [0.05, 0.1) is 32.5 Å². The van der Waals surface area contributed by atoms with Crippen molar-refractivity contribution in [2.45, 2.75) is 69.2 Å². The first-order chi connectivity index (χ1) is 26.1. The minimum atomic E-state index is -5.36. The Morgan fingerprint density at radius 1 is 0.667 bits per heavy atom. The molecule has 1 amide bonds. The average molecular weight is 752 g/mol. The third-order valence-corrected chi connectivity index (χ3v) is 9.94. The molecule has 6 rings (SSSR count). The predicted molar refractivity (Wildman–Crippen MR) is 204 cm³/mol. The van der Waals surface area contributed by atoms with Crippen molar-refractivity contribution in [1.29, 1.82) is 0 Å². The molecule has 0 saturated carbocycles. The van der Waals surface area contributed by atoms with Crippen LogP contribution in [0.4, 0.5) is 0 Å². The molecule has 0 unspecified atom stereocenters. The van der Waals surface area contributed by atoms with Gasteiger partial charge in [0.1, 0.15) is 12.2 Å². The largest absolute Gasteiger partial charge is 0.472 e. The lowest BCUT2D eigenvalue weighted by Crippen LogP contribution is -2.78. The first-order valence-corrected chi connectivity index (χ1v) is 19.4. The van der Waals surface area contributed by atoms with E-state index in [1.165, 1.54) is 6.92 Å². The minimum absolute atomic E-state index is 0.00868. The molecule has 0 bridgehead atoms. The molecule has 5 aromatic rings. The summed E-state index contributed by atoms with van der Waals surface area (Å²) in [6.07, 6.45) is -2.30. The van der Waals surface area contributed by atoms with Crippen molar-refractivity contribution >= 4 is 13.7 Å². The molecule has 282 valence electrons. The fourth-order valence-electron chi connectivity index (χ4n) is 7.07. The zero-order valence-electron chi connectivity index (χ0n) is 30.1. The van der Waals surface area contributed by atoms with E-state index in [2.05, 4.69) is 5.32 Å². The van der Waals surface area contributed by atoms with Gasteiger partial charge in [-0.25, -0.2) is 4.57 Å². The Hall–Kier alpha value is -4.48. The minimum Gasteiger partial charge on any atom is -0.374 e. The molecule has 1 aliphatic heterocycles. The van der Waals surface area contributed by atoms with Gasteiger partial charge in [0, 0.05) is 19.8 Å². The zero-order chi connectivity index (χ0) is 37.9. The van der Waals surface area contributed by atoms with E-state index in [0.717, 1.165) is 22.3 Å². The number of hydrogen-bond acceptors (Lipinski definition) is 7. The van der Waals surface area contributed by atoms with E-state index >= 15 is 0 Å². The summed E-state index contributed by atoms with van der Waals surface area (Å²) in [5, 5.41) is 3.07. The highest BCUT2D eigenvalue weighted by Gasteiger charge is 2.69. The Kier molecular flexibility index (Phi) is 13.2. The second-order valence-electron chi connectivity index (χ2n) is 13.4. The average Bonchev–Trinajstić information content (AvgIpc) is 3.17. The molecule has 0 aliphatic carbocycles. The van der Waals surface area contributed by atoms with Crippen molar-refractivity contribution in [3.63, 3.8) is 0 Å². The SMILES string of the molecule is CC(=O)N[C@@H]1[C@@H](COCc2ccccc2)O[C@](Cc2ccccc2)(OP(=O)(O)O)[C@](Cc2ccccc2)(OCc2ccccc2)[C@H]1OCc1ccccc1. The van der Waals surface area contributed by atoms with Crippen LogP contribution in [0.2, 0.25) is 0 Å². The van der Waals surface area contributed by atoms with E-state index in [4.69, 9.17) is 23.5 Å². The number of carbonyl (C=O) groups is 1. The summed E-state index contributed by atoms with van der Waals surface area (Å²) in [5.41, 5.74) is 2.14. The molecule has 54 heavy (non-hydrogen) atoms. The van der Waals surface area contributed by atoms with E-state index in [0.29, 0.717) is 5.56 Å². The van der Waals surface area contributed by atoms with E-state index in [9.17, 15) is 19.1 Å². The summed E-state index contributed by atoms with van der Waals surface area (Å²) in [4.78, 5) is 34.8. The number of nitrogens with one attached hydrogen (secondary N) is 1. The molecule has 5 atom stereocenters. The number of benzene rings is 5.